The fraction of sp³-hybridized carbons (Fsp3) is 0.308. The number of hydrogen-bond acceptors (Lipinski definition) is 5. The first-order chi connectivity index (χ1) is 8.79. The number of rotatable bonds is 5. The van der Waals surface area contributed by atoms with Gasteiger partial charge in [-0.25, -0.2) is 0 Å². The molecule has 0 saturated carbocycles. The van der Waals surface area contributed by atoms with Gasteiger partial charge in [-0.2, -0.15) is 5.26 Å². The zero-order valence-corrected chi connectivity index (χ0v) is 10.9. The van der Waals surface area contributed by atoms with Crippen molar-refractivity contribution in [3.05, 3.63) is 41.8 Å². The molecule has 1 unspecified atom stereocenters. The molecule has 2 aromatic rings. The smallest absolute Gasteiger partial charge is 0.277 e. The van der Waals surface area contributed by atoms with Crippen molar-refractivity contribution in [1.82, 2.24) is 10.2 Å². The molecule has 18 heavy (non-hydrogen) atoms. The minimum atomic E-state index is 0.329. The van der Waals surface area contributed by atoms with Gasteiger partial charge in [0.2, 0.25) is 5.89 Å². The lowest BCUT2D eigenvalue weighted by Gasteiger charge is -2.08. The summed E-state index contributed by atoms with van der Waals surface area (Å²) >= 11 is 1.26. The molecule has 1 aromatic carbocycles. The average Bonchev–Trinajstić information content (AvgIpc) is 2.85. The van der Waals surface area contributed by atoms with E-state index in [1.165, 1.54) is 17.3 Å². The van der Waals surface area contributed by atoms with Crippen molar-refractivity contribution in [2.75, 3.05) is 5.75 Å². The molecule has 0 spiro atoms. The summed E-state index contributed by atoms with van der Waals surface area (Å²) in [5, 5.41) is 16.8. The Bertz CT molecular complexity index is 533. The summed E-state index contributed by atoms with van der Waals surface area (Å²) in [5.41, 5.74) is 1.25. The first-order valence-electron chi connectivity index (χ1n) is 5.66. The van der Waals surface area contributed by atoms with Gasteiger partial charge in [0.1, 0.15) is 0 Å². The molecule has 4 nitrogen and oxygen atoms in total. The highest BCUT2D eigenvalue weighted by molar-refractivity contribution is 7.99. The number of nitriles is 1. The van der Waals surface area contributed by atoms with E-state index in [0.717, 1.165) is 0 Å². The molecule has 1 aromatic heterocycles. The maximum atomic E-state index is 8.47. The van der Waals surface area contributed by atoms with Crippen LogP contribution in [0.15, 0.2) is 40.0 Å². The molecule has 0 fully saturated rings. The molecule has 0 saturated heterocycles. The van der Waals surface area contributed by atoms with E-state index in [9.17, 15) is 0 Å². The second-order valence-corrected chi connectivity index (χ2v) is 4.85. The summed E-state index contributed by atoms with van der Waals surface area (Å²) in [6.07, 6.45) is 0.712. The average molecular weight is 259 g/mol. The molecule has 1 atom stereocenters. The summed E-state index contributed by atoms with van der Waals surface area (Å²) in [5.74, 6) is 1.28. The van der Waals surface area contributed by atoms with Gasteiger partial charge in [-0.1, -0.05) is 49.0 Å². The monoisotopic (exact) mass is 259 g/mol. The first-order valence-corrected chi connectivity index (χ1v) is 6.65. The standard InChI is InChI=1S/C13H13N3OS/c1-10(11-5-3-2-4-6-11)9-12-15-16-13(17-12)18-8-7-14/h2-6,10H,8-9H2,1H3. The van der Waals surface area contributed by atoms with Gasteiger partial charge in [0.15, 0.2) is 0 Å². The van der Waals surface area contributed by atoms with E-state index in [4.69, 9.17) is 9.68 Å². The van der Waals surface area contributed by atoms with Crippen molar-refractivity contribution < 1.29 is 4.42 Å². The maximum Gasteiger partial charge on any atom is 0.277 e. The lowest BCUT2D eigenvalue weighted by atomic mass is 9.98. The predicted octanol–water partition coefficient (Wildman–Crippen LogP) is 3.03. The molecule has 5 heteroatoms. The molecule has 1 heterocycles. The minimum absolute atomic E-state index is 0.329. The van der Waals surface area contributed by atoms with E-state index in [1.54, 1.807) is 0 Å². The third-order valence-electron chi connectivity index (χ3n) is 2.56. The van der Waals surface area contributed by atoms with E-state index in [2.05, 4.69) is 29.3 Å². The molecule has 0 aliphatic carbocycles. The van der Waals surface area contributed by atoms with Crippen molar-refractivity contribution >= 4 is 11.8 Å². The van der Waals surface area contributed by atoms with Crippen LogP contribution in [0.3, 0.4) is 0 Å². The molecular formula is C13H13N3OS. The number of thioether (sulfide) groups is 1. The molecule has 0 N–H and O–H groups in total. The molecule has 0 bridgehead atoms. The van der Waals surface area contributed by atoms with Crippen LogP contribution in [-0.2, 0) is 6.42 Å². The van der Waals surface area contributed by atoms with Gasteiger partial charge >= 0.3 is 0 Å². The van der Waals surface area contributed by atoms with Gasteiger partial charge in [0.25, 0.3) is 5.22 Å². The molecule has 0 aliphatic rings. The predicted molar refractivity (Wildman–Crippen MR) is 69.2 cm³/mol. The fourth-order valence-electron chi connectivity index (χ4n) is 1.63. The van der Waals surface area contributed by atoms with Crippen LogP contribution in [0.2, 0.25) is 0 Å². The van der Waals surface area contributed by atoms with E-state index < -0.39 is 0 Å². The Balaban J connectivity index is 1.97. The lowest BCUT2D eigenvalue weighted by Crippen LogP contribution is -1.98. The topological polar surface area (TPSA) is 62.7 Å². The normalized spacial score (nSPS) is 12.0. The third-order valence-corrected chi connectivity index (χ3v) is 3.24. The Morgan fingerprint density at radius 1 is 1.33 bits per heavy atom. The van der Waals surface area contributed by atoms with Crippen molar-refractivity contribution in [3.8, 4) is 6.07 Å². The summed E-state index contributed by atoms with van der Waals surface area (Å²) in [6, 6.07) is 12.2. The van der Waals surface area contributed by atoms with Gasteiger partial charge in [-0.3, -0.25) is 0 Å². The van der Waals surface area contributed by atoms with Crippen LogP contribution in [-0.4, -0.2) is 16.0 Å². The molecule has 92 valence electrons. The Labute approximate surface area is 110 Å². The van der Waals surface area contributed by atoms with E-state index in [-0.39, 0.29) is 0 Å². The SMILES string of the molecule is CC(Cc1nnc(SCC#N)o1)c1ccccc1. The Hall–Kier alpha value is -1.80. The van der Waals surface area contributed by atoms with Crippen LogP contribution in [0.5, 0.6) is 0 Å². The molecule has 0 aliphatic heterocycles. The number of hydrogen-bond donors (Lipinski definition) is 0. The van der Waals surface area contributed by atoms with Gasteiger partial charge in [-0.05, 0) is 11.5 Å². The molecule has 2 rings (SSSR count). The minimum Gasteiger partial charge on any atom is -0.416 e. The summed E-state index contributed by atoms with van der Waals surface area (Å²) in [4.78, 5) is 0. The Morgan fingerprint density at radius 2 is 2.11 bits per heavy atom. The van der Waals surface area contributed by atoms with Crippen LogP contribution < -0.4 is 0 Å². The Kier molecular flexibility index (Phi) is 4.37. The van der Waals surface area contributed by atoms with E-state index in [0.29, 0.717) is 29.2 Å². The van der Waals surface area contributed by atoms with Crippen LogP contribution in [0.25, 0.3) is 0 Å². The van der Waals surface area contributed by atoms with Crippen LogP contribution >= 0.6 is 11.8 Å². The van der Waals surface area contributed by atoms with E-state index in [1.807, 2.05) is 24.3 Å². The Morgan fingerprint density at radius 3 is 2.83 bits per heavy atom. The summed E-state index contributed by atoms with van der Waals surface area (Å²) in [7, 11) is 0. The first kappa shape index (κ1) is 12.7. The van der Waals surface area contributed by atoms with Gasteiger partial charge in [-0.15, -0.1) is 10.2 Å². The number of benzene rings is 1. The van der Waals surface area contributed by atoms with Crippen molar-refractivity contribution in [2.45, 2.75) is 24.5 Å². The zero-order chi connectivity index (χ0) is 12.8. The van der Waals surface area contributed by atoms with Crippen LogP contribution in [0, 0.1) is 11.3 Å². The highest BCUT2D eigenvalue weighted by atomic mass is 32.2. The van der Waals surface area contributed by atoms with Crippen molar-refractivity contribution in [3.63, 3.8) is 0 Å². The second kappa shape index (κ2) is 6.22. The van der Waals surface area contributed by atoms with E-state index >= 15 is 0 Å². The molecule has 0 radical (unpaired) electrons. The van der Waals surface area contributed by atoms with Gasteiger partial charge in [0, 0.05) is 6.42 Å². The molecule has 0 amide bonds. The summed E-state index contributed by atoms with van der Waals surface area (Å²) in [6.45, 7) is 2.13. The van der Waals surface area contributed by atoms with Crippen LogP contribution in [0.4, 0.5) is 0 Å². The van der Waals surface area contributed by atoms with Gasteiger partial charge < -0.3 is 4.42 Å². The zero-order valence-electron chi connectivity index (χ0n) is 10.0. The maximum absolute atomic E-state index is 8.47. The quantitative estimate of drug-likeness (QED) is 0.772. The lowest BCUT2D eigenvalue weighted by molar-refractivity contribution is 0.405. The molecular weight excluding hydrogens is 246 g/mol. The van der Waals surface area contributed by atoms with Crippen molar-refractivity contribution in [2.24, 2.45) is 0 Å². The second-order valence-electron chi connectivity index (χ2n) is 3.92. The number of nitrogens with zero attached hydrogens (tertiary/aromatic N) is 3. The largest absolute Gasteiger partial charge is 0.416 e. The highest BCUT2D eigenvalue weighted by Gasteiger charge is 2.12. The van der Waals surface area contributed by atoms with Gasteiger partial charge in [0.05, 0.1) is 11.8 Å². The fourth-order valence-corrected chi connectivity index (χ4v) is 2.08. The third kappa shape index (κ3) is 3.34. The highest BCUT2D eigenvalue weighted by Crippen LogP contribution is 2.21. The van der Waals surface area contributed by atoms with Crippen LogP contribution in [0.1, 0.15) is 24.3 Å². The summed E-state index contributed by atoms with van der Waals surface area (Å²) < 4.78 is 5.47. The number of aromatic nitrogens is 2. The van der Waals surface area contributed by atoms with Crippen molar-refractivity contribution in [1.29, 1.82) is 5.26 Å².